The molecule has 0 radical (unpaired) electrons. The van der Waals surface area contributed by atoms with Crippen LogP contribution in [0.1, 0.15) is 22.7 Å². The molecule has 0 unspecified atom stereocenters. The van der Waals surface area contributed by atoms with E-state index in [1.165, 1.54) is 6.33 Å². The molecule has 35 heavy (non-hydrogen) atoms. The lowest BCUT2D eigenvalue weighted by molar-refractivity contribution is -0.142. The first-order chi connectivity index (χ1) is 17.0. The van der Waals surface area contributed by atoms with E-state index >= 15 is 0 Å². The molecule has 182 valence electrons. The van der Waals surface area contributed by atoms with Crippen LogP contribution in [0.3, 0.4) is 0 Å². The molecule has 10 heteroatoms. The number of carbonyl (C=O) groups excluding carboxylic acids is 2. The Balaban J connectivity index is 1.36. The molecule has 1 aliphatic carbocycles. The molecule has 3 aromatic rings. The van der Waals surface area contributed by atoms with Crippen molar-refractivity contribution in [1.82, 2.24) is 20.6 Å². The Labute approximate surface area is 201 Å². The van der Waals surface area contributed by atoms with Gasteiger partial charge in [0.05, 0.1) is 12.9 Å². The third-order valence-corrected chi connectivity index (χ3v) is 5.70. The first kappa shape index (κ1) is 24.0. The van der Waals surface area contributed by atoms with Crippen LogP contribution < -0.4 is 10.6 Å². The number of rotatable bonds is 11. The molecule has 1 heterocycles. The number of carboxylic acid groups (broad SMARTS) is 1. The van der Waals surface area contributed by atoms with Gasteiger partial charge in [-0.15, -0.1) is 0 Å². The highest BCUT2D eigenvalue weighted by Crippen LogP contribution is 2.44. The molecule has 10 nitrogen and oxygen atoms in total. The molecular formula is C25H26N4O6. The summed E-state index contributed by atoms with van der Waals surface area (Å²) in [4.78, 5) is 42.8. The van der Waals surface area contributed by atoms with Crippen molar-refractivity contribution in [3.8, 4) is 11.1 Å². The highest BCUT2D eigenvalue weighted by molar-refractivity contribution is 5.86. The first-order valence-corrected chi connectivity index (χ1v) is 11.2. The molecular weight excluding hydrogens is 452 g/mol. The van der Waals surface area contributed by atoms with E-state index in [1.807, 2.05) is 36.4 Å². The Bertz CT molecular complexity index is 1130. The molecule has 0 spiro atoms. The maximum atomic E-state index is 12.7. The number of H-pyrrole nitrogens is 1. The molecule has 4 N–H and O–H groups in total. The van der Waals surface area contributed by atoms with Crippen molar-refractivity contribution in [1.29, 1.82) is 0 Å². The number of fused-ring (bicyclic) bond motifs is 3. The van der Waals surface area contributed by atoms with Crippen molar-refractivity contribution < 1.29 is 29.0 Å². The predicted molar refractivity (Wildman–Crippen MR) is 126 cm³/mol. The van der Waals surface area contributed by atoms with E-state index in [-0.39, 0.29) is 32.1 Å². The standard InChI is InChI=1S/C25H26N4O6/c30-23(31)14-34-10-9-27-24(32)22(11-16-12-26-15-28-16)29-25(33)35-13-21-19-7-3-1-5-17(19)18-6-2-4-8-20(18)21/h1-8,12,15,21-22H,9-11,13-14H2,(H,26,28)(H,27,32)(H,29,33)(H,30,31)/t22-/m0/s1. The average Bonchev–Trinajstić information content (AvgIpc) is 3.48. The lowest BCUT2D eigenvalue weighted by Gasteiger charge is -2.19. The van der Waals surface area contributed by atoms with Crippen LogP contribution >= 0.6 is 0 Å². The minimum Gasteiger partial charge on any atom is -0.480 e. The minimum absolute atomic E-state index is 0.0275. The van der Waals surface area contributed by atoms with Crippen molar-refractivity contribution >= 4 is 18.0 Å². The van der Waals surface area contributed by atoms with Crippen LogP contribution in [0.25, 0.3) is 11.1 Å². The Kier molecular flexibility index (Phi) is 7.74. The number of ether oxygens (including phenoxy) is 2. The summed E-state index contributed by atoms with van der Waals surface area (Å²) in [6.45, 7) is -0.204. The van der Waals surface area contributed by atoms with Gasteiger partial charge in [-0.2, -0.15) is 0 Å². The van der Waals surface area contributed by atoms with Gasteiger partial charge in [0.25, 0.3) is 0 Å². The van der Waals surface area contributed by atoms with Crippen LogP contribution in [0.15, 0.2) is 61.1 Å². The Morgan fingerprint density at radius 1 is 1.06 bits per heavy atom. The van der Waals surface area contributed by atoms with Gasteiger partial charge >= 0.3 is 12.1 Å². The summed E-state index contributed by atoms with van der Waals surface area (Å²) in [6.07, 6.45) is 2.51. The van der Waals surface area contributed by atoms with Crippen LogP contribution in [0.2, 0.25) is 0 Å². The summed E-state index contributed by atoms with van der Waals surface area (Å²) in [7, 11) is 0. The largest absolute Gasteiger partial charge is 0.480 e. The van der Waals surface area contributed by atoms with Crippen LogP contribution in [-0.4, -0.2) is 65.5 Å². The van der Waals surface area contributed by atoms with Gasteiger partial charge in [0.1, 0.15) is 19.3 Å². The molecule has 2 amide bonds. The monoisotopic (exact) mass is 478 g/mol. The number of alkyl carbamates (subject to hydrolysis) is 1. The molecule has 0 fully saturated rings. The molecule has 0 aliphatic heterocycles. The fraction of sp³-hybridized carbons (Fsp3) is 0.280. The molecule has 1 atom stereocenters. The van der Waals surface area contributed by atoms with Crippen LogP contribution in [-0.2, 0) is 25.5 Å². The quantitative estimate of drug-likeness (QED) is 0.309. The van der Waals surface area contributed by atoms with Crippen molar-refractivity contribution in [2.24, 2.45) is 0 Å². The number of carboxylic acids is 1. The molecule has 1 aliphatic rings. The zero-order chi connectivity index (χ0) is 24.6. The fourth-order valence-corrected chi connectivity index (χ4v) is 4.14. The number of imidazole rings is 1. The summed E-state index contributed by atoms with van der Waals surface area (Å²) in [5.41, 5.74) is 5.09. The Morgan fingerprint density at radius 2 is 1.74 bits per heavy atom. The first-order valence-electron chi connectivity index (χ1n) is 11.2. The predicted octanol–water partition coefficient (Wildman–Crippen LogP) is 2.08. The minimum atomic E-state index is -1.09. The van der Waals surface area contributed by atoms with Gasteiger partial charge in [0.2, 0.25) is 5.91 Å². The fourth-order valence-electron chi connectivity index (χ4n) is 4.14. The number of nitrogens with one attached hydrogen (secondary N) is 3. The summed E-state index contributed by atoms with van der Waals surface area (Å²) < 4.78 is 10.5. The lowest BCUT2D eigenvalue weighted by atomic mass is 9.98. The van der Waals surface area contributed by atoms with Crippen LogP contribution in [0.4, 0.5) is 4.79 Å². The number of amides is 2. The van der Waals surface area contributed by atoms with E-state index in [0.717, 1.165) is 22.3 Å². The van der Waals surface area contributed by atoms with Crippen molar-refractivity contribution in [2.75, 3.05) is 26.4 Å². The zero-order valence-corrected chi connectivity index (χ0v) is 18.9. The number of aromatic nitrogens is 2. The highest BCUT2D eigenvalue weighted by atomic mass is 16.5. The number of hydrogen-bond acceptors (Lipinski definition) is 6. The number of hydrogen-bond donors (Lipinski definition) is 4. The number of benzene rings is 2. The maximum absolute atomic E-state index is 12.7. The maximum Gasteiger partial charge on any atom is 0.407 e. The number of nitrogens with zero attached hydrogens (tertiary/aromatic N) is 1. The average molecular weight is 479 g/mol. The van der Waals surface area contributed by atoms with Gasteiger partial charge in [0, 0.05) is 30.8 Å². The van der Waals surface area contributed by atoms with Gasteiger partial charge < -0.3 is 30.2 Å². The van der Waals surface area contributed by atoms with Gasteiger partial charge in [0.15, 0.2) is 0 Å². The zero-order valence-electron chi connectivity index (χ0n) is 18.9. The normalized spacial score (nSPS) is 12.9. The van der Waals surface area contributed by atoms with E-state index in [2.05, 4.69) is 32.7 Å². The van der Waals surface area contributed by atoms with Gasteiger partial charge in [-0.05, 0) is 22.3 Å². The molecule has 0 saturated carbocycles. The van der Waals surface area contributed by atoms with E-state index in [1.54, 1.807) is 6.20 Å². The van der Waals surface area contributed by atoms with Gasteiger partial charge in [-0.25, -0.2) is 14.6 Å². The SMILES string of the molecule is O=C(O)COCCNC(=O)[C@H](Cc1cnc[nH]1)NC(=O)OCC1c2ccccc2-c2ccccc21. The van der Waals surface area contributed by atoms with E-state index in [9.17, 15) is 14.4 Å². The van der Waals surface area contributed by atoms with E-state index in [4.69, 9.17) is 14.6 Å². The number of carbonyl (C=O) groups is 3. The molecule has 4 rings (SSSR count). The summed E-state index contributed by atoms with van der Waals surface area (Å²) in [5, 5.41) is 13.9. The molecule has 1 aromatic heterocycles. The topological polar surface area (TPSA) is 143 Å². The summed E-state index contributed by atoms with van der Waals surface area (Å²) in [5.74, 6) is -1.64. The Morgan fingerprint density at radius 3 is 2.37 bits per heavy atom. The van der Waals surface area contributed by atoms with Gasteiger partial charge in [-0.3, -0.25) is 4.79 Å². The third kappa shape index (κ3) is 6.04. The van der Waals surface area contributed by atoms with Crippen molar-refractivity contribution in [2.45, 2.75) is 18.4 Å². The second-order valence-electron chi connectivity index (χ2n) is 8.04. The van der Waals surface area contributed by atoms with Gasteiger partial charge in [-0.1, -0.05) is 48.5 Å². The second kappa shape index (κ2) is 11.3. The third-order valence-electron chi connectivity index (χ3n) is 5.70. The summed E-state index contributed by atoms with van der Waals surface area (Å²) in [6, 6.07) is 15.1. The molecule has 0 bridgehead atoms. The van der Waals surface area contributed by atoms with E-state index < -0.39 is 30.6 Å². The molecule has 0 saturated heterocycles. The van der Waals surface area contributed by atoms with Crippen molar-refractivity contribution in [3.05, 3.63) is 77.9 Å². The van der Waals surface area contributed by atoms with E-state index in [0.29, 0.717) is 5.69 Å². The number of aliphatic carboxylic acids is 1. The smallest absolute Gasteiger partial charge is 0.407 e. The second-order valence-corrected chi connectivity index (χ2v) is 8.04. The Hall–Kier alpha value is -4.18. The molecule has 2 aromatic carbocycles. The van der Waals surface area contributed by atoms with Crippen molar-refractivity contribution in [3.63, 3.8) is 0 Å². The summed E-state index contributed by atoms with van der Waals surface area (Å²) >= 11 is 0. The van der Waals surface area contributed by atoms with Crippen LogP contribution in [0, 0.1) is 0 Å². The highest BCUT2D eigenvalue weighted by Gasteiger charge is 2.30. The number of aromatic amines is 1. The van der Waals surface area contributed by atoms with Crippen LogP contribution in [0.5, 0.6) is 0 Å². The lowest BCUT2D eigenvalue weighted by Crippen LogP contribution is -2.49.